The van der Waals surface area contributed by atoms with Gasteiger partial charge in [-0.1, -0.05) is 15.9 Å². The van der Waals surface area contributed by atoms with Gasteiger partial charge in [0.25, 0.3) is 0 Å². The summed E-state index contributed by atoms with van der Waals surface area (Å²) >= 11 is 3.54. The van der Waals surface area contributed by atoms with Crippen molar-refractivity contribution in [3.05, 3.63) is 27.7 Å². The Bertz CT molecular complexity index is 536. The molecule has 0 unspecified atom stereocenters. The molecule has 1 saturated carbocycles. The first-order valence-electron chi connectivity index (χ1n) is 7.84. The summed E-state index contributed by atoms with van der Waals surface area (Å²) in [6.45, 7) is 1.49. The van der Waals surface area contributed by atoms with Crippen LogP contribution >= 0.6 is 15.9 Å². The highest BCUT2D eigenvalue weighted by Crippen LogP contribution is 2.35. The van der Waals surface area contributed by atoms with Crippen LogP contribution < -0.4 is 10.5 Å². The Hall–Kier alpha value is -0.870. The van der Waals surface area contributed by atoms with Crippen LogP contribution in [0.25, 0.3) is 0 Å². The number of carbonyl (C=O) groups excluding carboxylic acids is 1. The number of hydrogen-bond acceptors (Lipinski definition) is 3. The minimum atomic E-state index is 0.212. The number of rotatable bonds is 4. The van der Waals surface area contributed by atoms with Gasteiger partial charge in [-0.2, -0.15) is 0 Å². The van der Waals surface area contributed by atoms with E-state index in [1.165, 1.54) is 5.56 Å². The molecule has 0 amide bonds. The van der Waals surface area contributed by atoms with E-state index in [4.69, 9.17) is 10.5 Å². The van der Waals surface area contributed by atoms with E-state index in [0.29, 0.717) is 18.1 Å². The van der Waals surface area contributed by atoms with Gasteiger partial charge in [0.05, 0.1) is 6.61 Å². The van der Waals surface area contributed by atoms with Crippen molar-refractivity contribution in [1.82, 2.24) is 0 Å². The Kier molecular flexibility index (Phi) is 4.65. The smallest absolute Gasteiger partial charge is 0.140 e. The molecule has 3 nitrogen and oxygen atoms in total. The van der Waals surface area contributed by atoms with Crippen LogP contribution in [0.2, 0.25) is 0 Å². The average molecular weight is 352 g/mol. The molecule has 0 radical (unpaired) electrons. The number of hydrogen-bond donors (Lipinski definition) is 1. The van der Waals surface area contributed by atoms with Crippen molar-refractivity contribution in [1.29, 1.82) is 0 Å². The molecule has 3 rings (SSSR count). The minimum absolute atomic E-state index is 0.212. The van der Waals surface area contributed by atoms with Gasteiger partial charge in [-0.25, -0.2) is 0 Å². The van der Waals surface area contributed by atoms with Gasteiger partial charge in [-0.3, -0.25) is 4.79 Å². The summed E-state index contributed by atoms with van der Waals surface area (Å²) in [5.74, 6) is 2.14. The molecule has 1 aliphatic heterocycles. The van der Waals surface area contributed by atoms with Crippen LogP contribution in [-0.2, 0) is 17.6 Å². The molecular formula is C17H22BrNO2. The summed E-state index contributed by atoms with van der Waals surface area (Å²) in [4.78, 5) is 12.6. The molecule has 2 aliphatic rings. The van der Waals surface area contributed by atoms with Crippen LogP contribution in [0, 0.1) is 11.8 Å². The van der Waals surface area contributed by atoms with Crippen molar-refractivity contribution >= 4 is 21.7 Å². The number of halogens is 1. The number of benzene rings is 1. The van der Waals surface area contributed by atoms with E-state index in [2.05, 4.69) is 22.0 Å². The van der Waals surface area contributed by atoms with Gasteiger partial charge in [-0.05, 0) is 55.8 Å². The molecule has 114 valence electrons. The fourth-order valence-corrected chi connectivity index (χ4v) is 4.08. The number of nitrogens with two attached hydrogens (primary N) is 1. The maximum Gasteiger partial charge on any atom is 0.140 e. The second-order valence-corrected chi connectivity index (χ2v) is 7.16. The predicted octanol–water partition coefficient (Wildman–Crippen LogP) is 3.26. The molecule has 0 spiro atoms. The molecule has 1 aliphatic carbocycles. The third-order valence-corrected chi connectivity index (χ3v) is 5.28. The van der Waals surface area contributed by atoms with Crippen molar-refractivity contribution in [2.75, 3.05) is 13.2 Å². The summed E-state index contributed by atoms with van der Waals surface area (Å²) in [5, 5.41) is 0. The van der Waals surface area contributed by atoms with Gasteiger partial charge in [0.1, 0.15) is 11.5 Å². The van der Waals surface area contributed by atoms with E-state index in [0.717, 1.165) is 61.0 Å². The van der Waals surface area contributed by atoms with Crippen LogP contribution in [-0.4, -0.2) is 18.9 Å². The van der Waals surface area contributed by atoms with Gasteiger partial charge in [0, 0.05) is 28.8 Å². The Morgan fingerprint density at radius 3 is 2.76 bits per heavy atom. The molecular weight excluding hydrogens is 330 g/mol. The SMILES string of the molecule is NCC1CCC(C(=O)Cc2cc(Br)cc3c2OCC3)CC1. The summed E-state index contributed by atoms with van der Waals surface area (Å²) in [6, 6.07) is 4.14. The second-order valence-electron chi connectivity index (χ2n) is 6.25. The van der Waals surface area contributed by atoms with Crippen molar-refractivity contribution in [2.24, 2.45) is 17.6 Å². The lowest BCUT2D eigenvalue weighted by Gasteiger charge is -2.26. The average Bonchev–Trinajstić information content (AvgIpc) is 2.95. The summed E-state index contributed by atoms with van der Waals surface area (Å²) in [7, 11) is 0. The van der Waals surface area contributed by atoms with Gasteiger partial charge in [0.15, 0.2) is 0 Å². The lowest BCUT2D eigenvalue weighted by Crippen LogP contribution is -2.26. The summed E-state index contributed by atoms with van der Waals surface area (Å²) in [5.41, 5.74) is 7.99. The topological polar surface area (TPSA) is 52.3 Å². The molecule has 0 bridgehead atoms. The van der Waals surface area contributed by atoms with E-state index in [-0.39, 0.29) is 5.92 Å². The zero-order chi connectivity index (χ0) is 14.8. The number of Topliss-reactive ketones (excluding diaryl/α,β-unsaturated/α-hetero) is 1. The normalized spacial score (nSPS) is 24.5. The van der Waals surface area contributed by atoms with Gasteiger partial charge in [-0.15, -0.1) is 0 Å². The van der Waals surface area contributed by atoms with E-state index in [1.54, 1.807) is 0 Å². The van der Waals surface area contributed by atoms with Crippen molar-refractivity contribution in [3.63, 3.8) is 0 Å². The van der Waals surface area contributed by atoms with Crippen LogP contribution in [0.15, 0.2) is 16.6 Å². The molecule has 1 heterocycles. The summed E-state index contributed by atoms with van der Waals surface area (Å²) in [6.07, 6.45) is 5.63. The fraction of sp³-hybridized carbons (Fsp3) is 0.588. The summed E-state index contributed by atoms with van der Waals surface area (Å²) < 4.78 is 6.76. The number of ether oxygens (including phenoxy) is 1. The standard InChI is InChI=1S/C17H22BrNO2/c18-15-7-13-5-6-21-17(13)14(8-15)9-16(20)12-3-1-11(10-19)2-4-12/h7-8,11-12H,1-6,9-10,19H2. The van der Waals surface area contributed by atoms with Crippen LogP contribution in [0.4, 0.5) is 0 Å². The molecule has 0 aromatic heterocycles. The van der Waals surface area contributed by atoms with E-state index >= 15 is 0 Å². The van der Waals surface area contributed by atoms with Crippen molar-refractivity contribution in [3.8, 4) is 5.75 Å². The molecule has 0 atom stereocenters. The maximum atomic E-state index is 12.6. The molecule has 1 aromatic rings. The highest BCUT2D eigenvalue weighted by atomic mass is 79.9. The largest absolute Gasteiger partial charge is 0.493 e. The van der Waals surface area contributed by atoms with Gasteiger partial charge >= 0.3 is 0 Å². The third kappa shape index (κ3) is 3.32. The van der Waals surface area contributed by atoms with Crippen molar-refractivity contribution in [2.45, 2.75) is 38.5 Å². The molecule has 1 aromatic carbocycles. The first-order chi connectivity index (χ1) is 10.2. The van der Waals surface area contributed by atoms with E-state index in [9.17, 15) is 4.79 Å². The lowest BCUT2D eigenvalue weighted by molar-refractivity contribution is -0.123. The molecule has 21 heavy (non-hydrogen) atoms. The minimum Gasteiger partial charge on any atom is -0.493 e. The Morgan fingerprint density at radius 2 is 2.05 bits per heavy atom. The molecule has 2 N–H and O–H groups in total. The fourth-order valence-electron chi connectivity index (χ4n) is 3.53. The van der Waals surface area contributed by atoms with Crippen molar-refractivity contribution < 1.29 is 9.53 Å². The quantitative estimate of drug-likeness (QED) is 0.905. The zero-order valence-electron chi connectivity index (χ0n) is 12.2. The molecule has 0 saturated heterocycles. The number of carbonyl (C=O) groups is 1. The van der Waals surface area contributed by atoms with Crippen LogP contribution in [0.1, 0.15) is 36.8 Å². The highest BCUT2D eigenvalue weighted by molar-refractivity contribution is 9.10. The molecule has 4 heteroatoms. The van der Waals surface area contributed by atoms with Gasteiger partial charge < -0.3 is 10.5 Å². The van der Waals surface area contributed by atoms with Gasteiger partial charge in [0.2, 0.25) is 0 Å². The zero-order valence-corrected chi connectivity index (χ0v) is 13.8. The Labute approximate surface area is 134 Å². The van der Waals surface area contributed by atoms with E-state index in [1.807, 2.05) is 6.07 Å². The second kappa shape index (κ2) is 6.49. The Morgan fingerprint density at radius 1 is 1.29 bits per heavy atom. The monoisotopic (exact) mass is 351 g/mol. The van der Waals surface area contributed by atoms with Crippen LogP contribution in [0.5, 0.6) is 5.75 Å². The first-order valence-corrected chi connectivity index (χ1v) is 8.63. The third-order valence-electron chi connectivity index (χ3n) is 4.83. The molecule has 1 fully saturated rings. The maximum absolute atomic E-state index is 12.6. The first kappa shape index (κ1) is 15.0. The van der Waals surface area contributed by atoms with Crippen LogP contribution in [0.3, 0.4) is 0 Å². The predicted molar refractivity (Wildman–Crippen MR) is 86.6 cm³/mol. The highest BCUT2D eigenvalue weighted by Gasteiger charge is 2.27. The van der Waals surface area contributed by atoms with E-state index < -0.39 is 0 Å². The number of fused-ring (bicyclic) bond motifs is 1. The Balaban J connectivity index is 1.68. The lowest BCUT2D eigenvalue weighted by atomic mass is 9.79. The number of ketones is 1.